The number of hydrogen-bond acceptors (Lipinski definition) is 3. The highest BCUT2D eigenvalue weighted by atomic mass is 32.1. The second-order valence-electron chi connectivity index (χ2n) is 7.47. The molecule has 0 spiro atoms. The topological polar surface area (TPSA) is 37.6 Å². The number of nitrogens with zero attached hydrogens (tertiary/aromatic N) is 3. The molecule has 1 amide bonds. The molecule has 3 heterocycles. The second-order valence-corrected chi connectivity index (χ2v) is 8.31. The summed E-state index contributed by atoms with van der Waals surface area (Å²) in [6, 6.07) is 14.8. The number of rotatable bonds is 3. The Morgan fingerprint density at radius 3 is 2.90 bits per heavy atom. The molecular formula is C23H20FN3OS. The predicted octanol–water partition coefficient (Wildman–Crippen LogP) is 5.11. The molecule has 4 nitrogen and oxygen atoms in total. The summed E-state index contributed by atoms with van der Waals surface area (Å²) in [5, 5.41) is 2.00. The van der Waals surface area contributed by atoms with Crippen LogP contribution in [0.4, 0.5) is 10.1 Å². The summed E-state index contributed by atoms with van der Waals surface area (Å²) < 4.78 is 15.6. The third-order valence-electron chi connectivity index (χ3n) is 5.53. The van der Waals surface area contributed by atoms with Crippen molar-refractivity contribution in [2.75, 3.05) is 4.90 Å². The molecule has 0 radical (unpaired) electrons. The average Bonchev–Trinajstić information content (AvgIpc) is 3.30. The molecule has 0 saturated heterocycles. The van der Waals surface area contributed by atoms with Crippen molar-refractivity contribution in [3.63, 3.8) is 0 Å². The Bertz CT molecular complexity index is 1200. The number of carbonyl (C=O) groups excluding carboxylic acids is 1. The fraction of sp³-hybridized carbons (Fsp3) is 0.217. The van der Waals surface area contributed by atoms with E-state index in [1.807, 2.05) is 51.2 Å². The Labute approximate surface area is 172 Å². The standard InChI is InChI=1S/C23H20FN3OS/c1-15-7-8-17-11-18(24)9-10-21(17)27(15)22(28)12-19-14-29-23-25-20(13-26(19)23)16-5-3-2-4-6-16/h2-6,9-11,13-15H,7-8,12H2,1H3/t15-/m0/s1. The summed E-state index contributed by atoms with van der Waals surface area (Å²) >= 11 is 1.54. The van der Waals surface area contributed by atoms with Crippen LogP contribution in [0.3, 0.4) is 0 Å². The molecule has 0 N–H and O–H groups in total. The first-order valence-electron chi connectivity index (χ1n) is 9.71. The van der Waals surface area contributed by atoms with E-state index < -0.39 is 0 Å². The Kier molecular flexibility index (Phi) is 4.43. The van der Waals surface area contributed by atoms with Gasteiger partial charge in [0.25, 0.3) is 0 Å². The van der Waals surface area contributed by atoms with Crippen LogP contribution in [0, 0.1) is 5.82 Å². The van der Waals surface area contributed by atoms with Crippen molar-refractivity contribution in [1.29, 1.82) is 0 Å². The zero-order chi connectivity index (χ0) is 20.0. The molecule has 4 aromatic rings. The first-order chi connectivity index (χ1) is 14.1. The molecule has 29 heavy (non-hydrogen) atoms. The Hall–Kier alpha value is -2.99. The second kappa shape index (κ2) is 7.12. The van der Waals surface area contributed by atoms with E-state index in [9.17, 15) is 9.18 Å². The molecule has 0 saturated carbocycles. The first-order valence-corrected chi connectivity index (χ1v) is 10.6. The molecule has 1 aliphatic rings. The van der Waals surface area contributed by atoms with Crippen LogP contribution in [0.25, 0.3) is 16.2 Å². The van der Waals surface area contributed by atoms with E-state index >= 15 is 0 Å². The number of amides is 1. The van der Waals surface area contributed by atoms with E-state index in [0.29, 0.717) is 0 Å². The predicted molar refractivity (Wildman–Crippen MR) is 114 cm³/mol. The van der Waals surface area contributed by atoms with E-state index in [-0.39, 0.29) is 24.2 Å². The summed E-state index contributed by atoms with van der Waals surface area (Å²) in [7, 11) is 0. The zero-order valence-corrected chi connectivity index (χ0v) is 16.8. The maximum atomic E-state index is 13.6. The number of carbonyl (C=O) groups is 1. The molecule has 5 rings (SSSR count). The minimum absolute atomic E-state index is 0.0275. The van der Waals surface area contributed by atoms with Crippen molar-refractivity contribution in [2.24, 2.45) is 0 Å². The van der Waals surface area contributed by atoms with Gasteiger partial charge in [0.2, 0.25) is 5.91 Å². The third kappa shape index (κ3) is 3.23. The van der Waals surface area contributed by atoms with Crippen LogP contribution in [-0.2, 0) is 17.6 Å². The van der Waals surface area contributed by atoms with Crippen molar-refractivity contribution >= 4 is 27.9 Å². The molecule has 0 unspecified atom stereocenters. The number of aryl methyl sites for hydroxylation is 1. The van der Waals surface area contributed by atoms with Crippen molar-refractivity contribution in [3.05, 3.63) is 77.2 Å². The van der Waals surface area contributed by atoms with E-state index in [0.717, 1.165) is 46.0 Å². The van der Waals surface area contributed by atoms with Gasteiger partial charge >= 0.3 is 0 Å². The third-order valence-corrected chi connectivity index (χ3v) is 6.42. The van der Waals surface area contributed by atoms with Crippen molar-refractivity contribution in [2.45, 2.75) is 32.2 Å². The van der Waals surface area contributed by atoms with Crippen molar-refractivity contribution in [3.8, 4) is 11.3 Å². The molecule has 2 aromatic heterocycles. The summed E-state index contributed by atoms with van der Waals surface area (Å²) in [6.07, 6.45) is 3.91. The van der Waals surface area contributed by atoms with Gasteiger partial charge in [0.1, 0.15) is 5.82 Å². The lowest BCUT2D eigenvalue weighted by Gasteiger charge is -2.35. The van der Waals surface area contributed by atoms with Crippen LogP contribution in [0.5, 0.6) is 0 Å². The summed E-state index contributed by atoms with van der Waals surface area (Å²) in [5.41, 5.74) is 4.61. The quantitative estimate of drug-likeness (QED) is 0.475. The van der Waals surface area contributed by atoms with Crippen LogP contribution in [0.15, 0.2) is 60.1 Å². The maximum Gasteiger partial charge on any atom is 0.233 e. The van der Waals surface area contributed by atoms with Gasteiger partial charge in [0.15, 0.2) is 4.96 Å². The number of hydrogen-bond donors (Lipinski definition) is 0. The molecule has 1 atom stereocenters. The summed E-state index contributed by atoms with van der Waals surface area (Å²) in [5.74, 6) is -0.225. The van der Waals surface area contributed by atoms with Gasteiger partial charge < -0.3 is 4.90 Å². The number of imidazole rings is 1. The van der Waals surface area contributed by atoms with Crippen LogP contribution < -0.4 is 4.90 Å². The zero-order valence-electron chi connectivity index (χ0n) is 16.0. The normalized spacial score (nSPS) is 16.2. The summed E-state index contributed by atoms with van der Waals surface area (Å²) in [4.78, 5) is 20.7. The SMILES string of the molecule is C[C@H]1CCc2cc(F)ccc2N1C(=O)Cc1csc2nc(-c3ccccc3)cn12. The van der Waals surface area contributed by atoms with Gasteiger partial charge in [-0.1, -0.05) is 30.3 Å². The number of benzene rings is 2. The lowest BCUT2D eigenvalue weighted by atomic mass is 9.96. The molecule has 146 valence electrons. The van der Waals surface area contributed by atoms with Gasteiger partial charge in [0.05, 0.1) is 12.1 Å². The van der Waals surface area contributed by atoms with Crippen molar-refractivity contribution in [1.82, 2.24) is 9.38 Å². The minimum Gasteiger partial charge on any atom is -0.309 e. The van der Waals surface area contributed by atoms with Crippen molar-refractivity contribution < 1.29 is 9.18 Å². The fourth-order valence-electron chi connectivity index (χ4n) is 4.05. The van der Waals surface area contributed by atoms with E-state index in [1.165, 1.54) is 17.4 Å². The highest BCUT2D eigenvalue weighted by Gasteiger charge is 2.29. The van der Waals surface area contributed by atoms with Crippen LogP contribution >= 0.6 is 11.3 Å². The minimum atomic E-state index is -0.253. The highest BCUT2D eigenvalue weighted by molar-refractivity contribution is 7.15. The fourth-order valence-corrected chi connectivity index (χ4v) is 4.92. The van der Waals surface area contributed by atoms with Gasteiger partial charge in [0, 0.05) is 34.6 Å². The molecule has 2 aromatic carbocycles. The Balaban J connectivity index is 1.45. The molecule has 0 bridgehead atoms. The lowest BCUT2D eigenvalue weighted by molar-refractivity contribution is -0.118. The van der Waals surface area contributed by atoms with Crippen LogP contribution in [0.1, 0.15) is 24.6 Å². The molecular weight excluding hydrogens is 385 g/mol. The molecule has 1 aliphatic heterocycles. The molecule has 0 fully saturated rings. The van der Waals surface area contributed by atoms with Crippen LogP contribution in [0.2, 0.25) is 0 Å². The first kappa shape index (κ1) is 18.1. The number of anilines is 1. The lowest BCUT2D eigenvalue weighted by Crippen LogP contribution is -2.43. The Morgan fingerprint density at radius 2 is 2.07 bits per heavy atom. The van der Waals surface area contributed by atoms with E-state index in [4.69, 9.17) is 4.98 Å². The van der Waals surface area contributed by atoms with Gasteiger partial charge in [-0.3, -0.25) is 9.20 Å². The number of thiazole rings is 1. The maximum absolute atomic E-state index is 13.6. The average molecular weight is 405 g/mol. The van der Waals surface area contributed by atoms with E-state index in [1.54, 1.807) is 12.1 Å². The smallest absolute Gasteiger partial charge is 0.233 e. The summed E-state index contributed by atoms with van der Waals surface area (Å²) in [6.45, 7) is 2.05. The van der Waals surface area contributed by atoms with E-state index in [2.05, 4.69) is 6.92 Å². The van der Waals surface area contributed by atoms with Gasteiger partial charge in [-0.25, -0.2) is 9.37 Å². The van der Waals surface area contributed by atoms with Gasteiger partial charge in [-0.15, -0.1) is 11.3 Å². The van der Waals surface area contributed by atoms with Gasteiger partial charge in [-0.05, 0) is 43.5 Å². The number of aromatic nitrogens is 2. The number of fused-ring (bicyclic) bond motifs is 2. The molecule has 6 heteroatoms. The monoisotopic (exact) mass is 405 g/mol. The van der Waals surface area contributed by atoms with Crippen LogP contribution in [-0.4, -0.2) is 21.3 Å². The Morgan fingerprint density at radius 1 is 1.24 bits per heavy atom. The number of halogens is 1. The molecule has 0 aliphatic carbocycles. The van der Waals surface area contributed by atoms with Gasteiger partial charge in [-0.2, -0.15) is 0 Å². The highest BCUT2D eigenvalue weighted by Crippen LogP contribution is 2.32. The largest absolute Gasteiger partial charge is 0.309 e.